The van der Waals surface area contributed by atoms with Crippen molar-refractivity contribution in [2.24, 2.45) is 0 Å². The Balaban J connectivity index is 1.81. The number of rotatable bonds is 6. The van der Waals surface area contributed by atoms with Crippen LogP contribution in [0.25, 0.3) is 0 Å². The number of carbonyl (C=O) groups is 1. The van der Waals surface area contributed by atoms with Gasteiger partial charge in [0, 0.05) is 9.79 Å². The van der Waals surface area contributed by atoms with Gasteiger partial charge in [-0.15, -0.1) is 0 Å². The third-order valence-corrected chi connectivity index (χ3v) is 5.14. The number of benzene rings is 2. The van der Waals surface area contributed by atoms with E-state index in [9.17, 15) is 28.1 Å². The van der Waals surface area contributed by atoms with E-state index in [4.69, 9.17) is 0 Å². The molecule has 1 heterocycles. The van der Waals surface area contributed by atoms with E-state index in [1.807, 2.05) is 30.3 Å². The molecule has 11 heteroatoms. The summed E-state index contributed by atoms with van der Waals surface area (Å²) in [5, 5.41) is 16.9. The Bertz CT molecular complexity index is 1080. The molecule has 0 spiro atoms. The zero-order chi connectivity index (χ0) is 21.9. The van der Waals surface area contributed by atoms with Crippen LogP contribution in [0.4, 0.5) is 24.5 Å². The van der Waals surface area contributed by atoms with Gasteiger partial charge in [0.05, 0.1) is 10.6 Å². The fourth-order valence-electron chi connectivity index (χ4n) is 2.70. The van der Waals surface area contributed by atoms with E-state index in [0.29, 0.717) is 10.4 Å². The smallest absolute Gasteiger partial charge is 0.323 e. The van der Waals surface area contributed by atoms with Crippen molar-refractivity contribution in [3.8, 4) is 0 Å². The first-order valence-corrected chi connectivity index (χ1v) is 9.39. The topological polar surface area (TPSA) is 90.1 Å². The van der Waals surface area contributed by atoms with Gasteiger partial charge >= 0.3 is 11.9 Å². The molecule has 3 aromatic rings. The van der Waals surface area contributed by atoms with Crippen molar-refractivity contribution in [1.82, 2.24) is 9.78 Å². The number of hydrogen-bond acceptors (Lipinski definition) is 5. The Kier molecular flexibility index (Phi) is 6.11. The SMILES string of the molecule is Cc1c([N+](=O)[O-])c(C(F)(F)F)nn1CC(=O)Nc1ccccc1Sc1ccccc1. The van der Waals surface area contributed by atoms with Crippen molar-refractivity contribution in [1.29, 1.82) is 0 Å². The highest BCUT2D eigenvalue weighted by Gasteiger charge is 2.44. The van der Waals surface area contributed by atoms with E-state index < -0.39 is 34.9 Å². The van der Waals surface area contributed by atoms with Crippen LogP contribution in [0.2, 0.25) is 0 Å². The van der Waals surface area contributed by atoms with E-state index in [2.05, 4.69) is 10.4 Å². The van der Waals surface area contributed by atoms with Gasteiger partial charge in [-0.3, -0.25) is 19.6 Å². The minimum absolute atomic E-state index is 0.352. The lowest BCUT2D eigenvalue weighted by molar-refractivity contribution is -0.388. The van der Waals surface area contributed by atoms with E-state index >= 15 is 0 Å². The van der Waals surface area contributed by atoms with Crippen molar-refractivity contribution < 1.29 is 22.9 Å². The van der Waals surface area contributed by atoms with Crippen molar-refractivity contribution in [2.75, 3.05) is 5.32 Å². The van der Waals surface area contributed by atoms with Gasteiger partial charge in [-0.2, -0.15) is 18.3 Å². The van der Waals surface area contributed by atoms with Crippen LogP contribution in [-0.2, 0) is 17.5 Å². The van der Waals surface area contributed by atoms with Crippen molar-refractivity contribution >= 4 is 29.0 Å². The molecule has 0 aliphatic heterocycles. The van der Waals surface area contributed by atoms with E-state index in [0.717, 1.165) is 16.7 Å². The summed E-state index contributed by atoms with van der Waals surface area (Å²) in [4.78, 5) is 24.0. The van der Waals surface area contributed by atoms with Gasteiger partial charge in [0.1, 0.15) is 12.2 Å². The average molecular weight is 436 g/mol. The maximum absolute atomic E-state index is 13.1. The molecule has 1 amide bonds. The van der Waals surface area contributed by atoms with E-state index in [1.54, 1.807) is 24.3 Å². The Labute approximate surface area is 173 Å². The molecule has 0 bridgehead atoms. The fourth-order valence-corrected chi connectivity index (χ4v) is 3.62. The first kappa shape index (κ1) is 21.4. The van der Waals surface area contributed by atoms with Crippen molar-refractivity contribution in [3.05, 3.63) is 76.1 Å². The summed E-state index contributed by atoms with van der Waals surface area (Å²) < 4.78 is 39.9. The number of nitrogens with one attached hydrogen (secondary N) is 1. The molecule has 1 N–H and O–H groups in total. The Morgan fingerprint density at radius 2 is 1.80 bits per heavy atom. The third kappa shape index (κ3) is 4.79. The molecule has 0 saturated carbocycles. The predicted molar refractivity (Wildman–Crippen MR) is 104 cm³/mol. The highest BCUT2D eigenvalue weighted by Crippen LogP contribution is 2.37. The molecule has 0 saturated heterocycles. The number of nitro groups is 1. The molecule has 0 fully saturated rings. The van der Waals surface area contributed by atoms with Crippen LogP contribution >= 0.6 is 11.8 Å². The monoisotopic (exact) mass is 436 g/mol. The second-order valence-corrected chi connectivity index (χ2v) is 7.27. The molecule has 1 aromatic heterocycles. The average Bonchev–Trinajstić information content (AvgIpc) is 3.01. The highest BCUT2D eigenvalue weighted by molar-refractivity contribution is 7.99. The molecule has 2 aromatic carbocycles. The lowest BCUT2D eigenvalue weighted by Crippen LogP contribution is -2.21. The number of nitrogens with zero attached hydrogens (tertiary/aromatic N) is 3. The van der Waals surface area contributed by atoms with E-state index in [-0.39, 0.29) is 5.69 Å². The second kappa shape index (κ2) is 8.57. The van der Waals surface area contributed by atoms with Gasteiger partial charge in [-0.25, -0.2) is 0 Å². The van der Waals surface area contributed by atoms with E-state index in [1.165, 1.54) is 11.8 Å². The predicted octanol–water partition coefficient (Wildman–Crippen LogP) is 4.91. The summed E-state index contributed by atoms with van der Waals surface area (Å²) in [5.74, 6) is -0.662. The van der Waals surface area contributed by atoms with Crippen LogP contribution in [0, 0.1) is 17.0 Å². The number of hydrogen-bond donors (Lipinski definition) is 1. The van der Waals surface area contributed by atoms with Crippen LogP contribution in [0.3, 0.4) is 0 Å². The lowest BCUT2D eigenvalue weighted by atomic mass is 10.3. The largest absolute Gasteiger partial charge is 0.442 e. The van der Waals surface area contributed by atoms with Crippen LogP contribution in [-0.4, -0.2) is 20.6 Å². The van der Waals surface area contributed by atoms with Gasteiger partial charge < -0.3 is 5.32 Å². The molecule has 30 heavy (non-hydrogen) atoms. The maximum Gasteiger partial charge on any atom is 0.442 e. The lowest BCUT2D eigenvalue weighted by Gasteiger charge is -2.11. The molecule has 0 radical (unpaired) electrons. The Hall–Kier alpha value is -3.34. The molecule has 0 atom stereocenters. The maximum atomic E-state index is 13.1. The van der Waals surface area contributed by atoms with Gasteiger partial charge in [-0.1, -0.05) is 42.1 Å². The normalized spacial score (nSPS) is 11.3. The van der Waals surface area contributed by atoms with Gasteiger partial charge in [0.25, 0.3) is 0 Å². The standard InChI is InChI=1S/C19H15F3N4O3S/c1-12-17(26(28)29)18(19(20,21)22)24-25(12)11-16(27)23-14-9-5-6-10-15(14)30-13-7-3-2-4-8-13/h2-10H,11H2,1H3,(H,23,27). The van der Waals surface area contributed by atoms with Crippen LogP contribution in [0.15, 0.2) is 64.4 Å². The summed E-state index contributed by atoms with van der Waals surface area (Å²) in [6.45, 7) is 0.514. The van der Waals surface area contributed by atoms with Gasteiger partial charge in [-0.05, 0) is 31.2 Å². The van der Waals surface area contributed by atoms with Gasteiger partial charge in [0.2, 0.25) is 11.6 Å². The number of amides is 1. The molecule has 0 aliphatic carbocycles. The third-order valence-electron chi connectivity index (χ3n) is 4.05. The number of anilines is 1. The number of alkyl halides is 3. The highest BCUT2D eigenvalue weighted by atomic mass is 32.2. The first-order chi connectivity index (χ1) is 14.2. The van der Waals surface area contributed by atoms with Crippen molar-refractivity contribution in [2.45, 2.75) is 29.4 Å². The number of aromatic nitrogens is 2. The summed E-state index contributed by atoms with van der Waals surface area (Å²) in [5.41, 5.74) is -2.67. The summed E-state index contributed by atoms with van der Waals surface area (Å²) >= 11 is 1.40. The second-order valence-electron chi connectivity index (χ2n) is 6.15. The first-order valence-electron chi connectivity index (χ1n) is 8.57. The Morgan fingerprint density at radius 3 is 2.40 bits per heavy atom. The quantitative estimate of drug-likeness (QED) is 0.438. The van der Waals surface area contributed by atoms with Crippen LogP contribution in [0.1, 0.15) is 11.4 Å². The molecular formula is C19H15F3N4O3S. The van der Waals surface area contributed by atoms with Crippen LogP contribution in [0.5, 0.6) is 0 Å². The fraction of sp³-hybridized carbons (Fsp3) is 0.158. The minimum atomic E-state index is -5.01. The Morgan fingerprint density at radius 1 is 1.17 bits per heavy atom. The molecule has 156 valence electrons. The molecular weight excluding hydrogens is 421 g/mol. The molecule has 0 unspecified atom stereocenters. The zero-order valence-corrected chi connectivity index (χ0v) is 16.3. The van der Waals surface area contributed by atoms with Crippen LogP contribution < -0.4 is 5.32 Å². The minimum Gasteiger partial charge on any atom is -0.323 e. The summed E-state index contributed by atoms with van der Waals surface area (Å²) in [6, 6.07) is 16.3. The van der Waals surface area contributed by atoms with Crippen molar-refractivity contribution in [3.63, 3.8) is 0 Å². The number of halogens is 3. The molecule has 7 nitrogen and oxygen atoms in total. The molecule has 3 rings (SSSR count). The summed E-state index contributed by atoms with van der Waals surface area (Å²) in [7, 11) is 0. The zero-order valence-electron chi connectivity index (χ0n) is 15.5. The molecule has 0 aliphatic rings. The number of para-hydroxylation sites is 1. The number of carbonyl (C=O) groups excluding carboxylic acids is 1. The summed E-state index contributed by atoms with van der Waals surface area (Å²) in [6.07, 6.45) is -5.01. The van der Waals surface area contributed by atoms with Gasteiger partial charge in [0.15, 0.2) is 0 Å².